The molecule has 0 unspecified atom stereocenters. The van der Waals surface area contributed by atoms with Crippen LogP contribution in [-0.4, -0.2) is 39.1 Å². The van der Waals surface area contributed by atoms with E-state index in [0.29, 0.717) is 21.5 Å². The Balaban J connectivity index is 1.82. The molecule has 40 heavy (non-hydrogen) atoms. The van der Waals surface area contributed by atoms with Gasteiger partial charge < -0.3 is 14.6 Å². The number of alkyl halides is 6. The predicted molar refractivity (Wildman–Crippen MR) is 132 cm³/mol. The maximum atomic E-state index is 13.2. The first-order chi connectivity index (χ1) is 18.5. The number of aryl methyl sites for hydroxylation is 1. The minimum Gasteiger partial charge on any atom is -0.453 e. The van der Waals surface area contributed by atoms with Crippen LogP contribution in [0.4, 0.5) is 26.3 Å². The van der Waals surface area contributed by atoms with E-state index in [1.54, 1.807) is 0 Å². The summed E-state index contributed by atoms with van der Waals surface area (Å²) >= 11 is 0.680. The number of H-pyrrole nitrogens is 1. The van der Waals surface area contributed by atoms with Gasteiger partial charge in [0.05, 0.1) is 11.9 Å². The molecule has 0 aliphatic rings. The highest BCUT2D eigenvalue weighted by molar-refractivity contribution is 7.22. The predicted octanol–water partition coefficient (Wildman–Crippen LogP) is 5.54. The van der Waals surface area contributed by atoms with Gasteiger partial charge in [0.15, 0.2) is 23.4 Å². The number of aromatic nitrogens is 2. The third-order valence-corrected chi connectivity index (χ3v) is 7.08. The van der Waals surface area contributed by atoms with Gasteiger partial charge in [-0.3, -0.25) is 19.1 Å². The van der Waals surface area contributed by atoms with Crippen molar-refractivity contribution in [3.8, 4) is 27.7 Å². The number of aliphatic hydroxyl groups is 1. The molecule has 0 spiro atoms. The summed E-state index contributed by atoms with van der Waals surface area (Å²) in [5.41, 5.74) is -1.52. The topological polar surface area (TPSA) is 111 Å². The van der Waals surface area contributed by atoms with Gasteiger partial charge in [-0.05, 0) is 67.4 Å². The Labute approximate surface area is 224 Å². The highest BCUT2D eigenvalue weighted by atomic mass is 32.1. The normalized spacial score (nSPS) is 12.9. The second-order valence-corrected chi connectivity index (χ2v) is 9.55. The van der Waals surface area contributed by atoms with E-state index < -0.39 is 42.2 Å². The zero-order valence-electron chi connectivity index (χ0n) is 20.4. The van der Waals surface area contributed by atoms with Crippen molar-refractivity contribution in [3.05, 3.63) is 74.4 Å². The number of carbonyl (C=O) groups excluding carboxylic acids is 1. The van der Waals surface area contributed by atoms with Gasteiger partial charge in [-0.15, -0.1) is 24.5 Å². The molecule has 0 fully saturated rings. The molecule has 4 rings (SSSR count). The summed E-state index contributed by atoms with van der Waals surface area (Å²) in [5.74, 6) is -1.25. The molecule has 8 nitrogen and oxygen atoms in total. The SMILES string of the molecule is CC(=O)c1ccc(Oc2ccc(-c3sc4c(c3C)c(=O)[nH]c(=O)n4C[C@@H](O)C(F)(F)F)cc2OC(F)(F)F)cc1. The van der Waals surface area contributed by atoms with Crippen molar-refractivity contribution >= 4 is 27.3 Å². The van der Waals surface area contributed by atoms with Crippen molar-refractivity contribution in [1.29, 1.82) is 0 Å². The Morgan fingerprint density at radius 1 is 1.05 bits per heavy atom. The molecule has 2 heterocycles. The van der Waals surface area contributed by atoms with Gasteiger partial charge in [-0.1, -0.05) is 0 Å². The van der Waals surface area contributed by atoms with Gasteiger partial charge in [0.2, 0.25) is 0 Å². The molecular formula is C25H18F6N2O6S. The van der Waals surface area contributed by atoms with Gasteiger partial charge in [-0.25, -0.2) is 4.79 Å². The first kappa shape index (κ1) is 28.9. The van der Waals surface area contributed by atoms with Gasteiger partial charge in [0.25, 0.3) is 5.56 Å². The molecule has 0 amide bonds. The van der Waals surface area contributed by atoms with E-state index in [2.05, 4.69) is 4.74 Å². The summed E-state index contributed by atoms with van der Waals surface area (Å²) in [6, 6.07) is 9.04. The van der Waals surface area contributed by atoms with Crippen LogP contribution in [0.3, 0.4) is 0 Å². The number of fused-ring (bicyclic) bond motifs is 1. The van der Waals surface area contributed by atoms with Crippen LogP contribution >= 0.6 is 11.3 Å². The summed E-state index contributed by atoms with van der Waals surface area (Å²) in [5, 5.41) is 9.33. The van der Waals surface area contributed by atoms with Crippen molar-refractivity contribution in [2.45, 2.75) is 39.0 Å². The minimum atomic E-state index is -5.13. The number of aliphatic hydroxyl groups excluding tert-OH is 1. The van der Waals surface area contributed by atoms with Crippen molar-refractivity contribution < 1.29 is 45.7 Å². The third kappa shape index (κ3) is 6.04. The monoisotopic (exact) mass is 588 g/mol. The lowest BCUT2D eigenvalue weighted by Gasteiger charge is -2.16. The van der Waals surface area contributed by atoms with E-state index in [-0.39, 0.29) is 43.5 Å². The molecule has 1 atom stereocenters. The lowest BCUT2D eigenvalue weighted by molar-refractivity contribution is -0.275. The number of nitrogens with one attached hydrogen (secondary N) is 1. The molecule has 0 bridgehead atoms. The zero-order chi connectivity index (χ0) is 29.6. The van der Waals surface area contributed by atoms with E-state index in [4.69, 9.17) is 4.74 Å². The fraction of sp³-hybridized carbons (Fsp3) is 0.240. The van der Waals surface area contributed by atoms with Crippen LogP contribution in [0.2, 0.25) is 0 Å². The van der Waals surface area contributed by atoms with Crippen LogP contribution in [-0.2, 0) is 6.54 Å². The molecule has 0 radical (unpaired) electrons. The minimum absolute atomic E-state index is 0.0759. The smallest absolute Gasteiger partial charge is 0.453 e. The van der Waals surface area contributed by atoms with Crippen molar-refractivity contribution in [2.24, 2.45) is 0 Å². The number of halogens is 6. The summed E-state index contributed by atoms with van der Waals surface area (Å²) in [4.78, 5) is 38.1. The maximum Gasteiger partial charge on any atom is 0.573 e. The standard InChI is InChI=1S/C25H18F6N2O6S/c1-11-19-21(36)32-23(37)33(10-18(35)24(26,27)28)22(19)40-20(11)14-5-8-16(17(9-14)39-25(29,30)31)38-15-6-3-13(4-7-15)12(2)34/h3-9,18,35H,10H2,1-2H3,(H,32,36,37)/t18-/m1/s1. The average molecular weight is 588 g/mol. The number of ketones is 1. The Morgan fingerprint density at radius 3 is 2.27 bits per heavy atom. The van der Waals surface area contributed by atoms with Gasteiger partial charge in [0.1, 0.15) is 10.6 Å². The van der Waals surface area contributed by atoms with Crippen molar-refractivity contribution in [3.63, 3.8) is 0 Å². The molecule has 2 aromatic carbocycles. The summed E-state index contributed by atoms with van der Waals surface area (Å²) in [6.45, 7) is 1.53. The lowest BCUT2D eigenvalue weighted by atomic mass is 10.1. The van der Waals surface area contributed by atoms with Gasteiger partial charge >= 0.3 is 18.2 Å². The first-order valence-corrected chi connectivity index (χ1v) is 12.1. The van der Waals surface area contributed by atoms with Crippen molar-refractivity contribution in [2.75, 3.05) is 0 Å². The molecule has 2 N–H and O–H groups in total. The van der Waals surface area contributed by atoms with Crippen molar-refractivity contribution in [1.82, 2.24) is 9.55 Å². The Morgan fingerprint density at radius 2 is 1.70 bits per heavy atom. The fourth-order valence-corrected chi connectivity index (χ4v) is 5.12. The number of hydrogen-bond donors (Lipinski definition) is 2. The highest BCUT2D eigenvalue weighted by Gasteiger charge is 2.39. The second-order valence-electron chi connectivity index (χ2n) is 8.56. The lowest BCUT2D eigenvalue weighted by Crippen LogP contribution is -2.38. The number of benzene rings is 2. The molecule has 0 saturated heterocycles. The number of aromatic amines is 1. The molecule has 4 aromatic rings. The number of Topliss-reactive ketones (excluding diaryl/α,β-unsaturated/α-hetero) is 1. The van der Waals surface area contributed by atoms with Gasteiger partial charge in [0, 0.05) is 10.4 Å². The van der Waals surface area contributed by atoms with Crippen LogP contribution in [0.5, 0.6) is 17.2 Å². The van der Waals surface area contributed by atoms with Crippen LogP contribution in [0.1, 0.15) is 22.8 Å². The van der Waals surface area contributed by atoms with Crippen LogP contribution < -0.4 is 20.7 Å². The number of hydrogen-bond acceptors (Lipinski definition) is 7. The number of ether oxygens (including phenoxy) is 2. The summed E-state index contributed by atoms with van der Waals surface area (Å²) in [6.07, 6.45) is -13.1. The Kier molecular flexibility index (Phi) is 7.56. The van der Waals surface area contributed by atoms with Crippen LogP contribution in [0, 0.1) is 6.92 Å². The Bertz CT molecular complexity index is 1700. The molecule has 0 aliphatic heterocycles. The summed E-state index contributed by atoms with van der Waals surface area (Å²) in [7, 11) is 0. The Hall–Kier alpha value is -4.11. The molecule has 15 heteroatoms. The number of thiophene rings is 1. The zero-order valence-corrected chi connectivity index (χ0v) is 21.3. The van der Waals surface area contributed by atoms with Gasteiger partial charge in [-0.2, -0.15) is 13.2 Å². The highest BCUT2D eigenvalue weighted by Crippen LogP contribution is 2.42. The van der Waals surface area contributed by atoms with E-state index in [1.807, 2.05) is 4.98 Å². The van der Waals surface area contributed by atoms with Crippen LogP contribution in [0.25, 0.3) is 20.7 Å². The number of nitrogens with zero attached hydrogens (tertiary/aromatic N) is 1. The molecular weight excluding hydrogens is 570 g/mol. The summed E-state index contributed by atoms with van der Waals surface area (Å²) < 4.78 is 88.8. The first-order valence-electron chi connectivity index (χ1n) is 11.2. The molecule has 0 aliphatic carbocycles. The molecule has 2 aromatic heterocycles. The van der Waals surface area contributed by atoms with E-state index >= 15 is 0 Å². The number of carbonyl (C=O) groups is 1. The molecule has 212 valence electrons. The third-order valence-electron chi connectivity index (χ3n) is 5.72. The fourth-order valence-electron chi connectivity index (χ4n) is 3.82. The van der Waals surface area contributed by atoms with E-state index in [9.17, 15) is 45.8 Å². The average Bonchev–Trinajstić information content (AvgIpc) is 3.19. The van der Waals surface area contributed by atoms with E-state index in [1.165, 1.54) is 44.2 Å². The largest absolute Gasteiger partial charge is 0.573 e. The maximum absolute atomic E-state index is 13.2. The van der Waals surface area contributed by atoms with E-state index in [0.717, 1.165) is 12.1 Å². The second kappa shape index (κ2) is 10.5. The number of rotatable bonds is 7. The van der Waals surface area contributed by atoms with Crippen LogP contribution in [0.15, 0.2) is 52.1 Å². The molecule has 0 saturated carbocycles. The quantitative estimate of drug-likeness (QED) is 0.217.